The lowest BCUT2D eigenvalue weighted by molar-refractivity contribution is 0.00149. The largest absolute Gasteiger partial charge is 0.393 e. The third-order valence-electron chi connectivity index (χ3n) is 3.39. The molecule has 11 heavy (non-hydrogen) atoms. The summed E-state index contributed by atoms with van der Waals surface area (Å²) in [6, 6.07) is 1.02. The molecule has 62 valence electrons. The zero-order chi connectivity index (χ0) is 7.59. The van der Waals surface area contributed by atoms with Crippen LogP contribution in [0.5, 0.6) is 0 Å². The van der Waals surface area contributed by atoms with Crippen LogP contribution >= 0.6 is 0 Å². The van der Waals surface area contributed by atoms with E-state index in [1.165, 1.54) is 0 Å². The zero-order valence-corrected chi connectivity index (χ0v) is 6.60. The Balaban J connectivity index is 1.90. The van der Waals surface area contributed by atoms with E-state index in [0.717, 1.165) is 12.8 Å². The summed E-state index contributed by atoms with van der Waals surface area (Å²) in [6.07, 6.45) is 2.67. The molecule has 1 N–H and O–H groups in total. The molecule has 0 aromatic heterocycles. The van der Waals surface area contributed by atoms with E-state index in [0.29, 0.717) is 24.3 Å². The van der Waals surface area contributed by atoms with Gasteiger partial charge in [-0.1, -0.05) is 0 Å². The number of nitrogens with zero attached hydrogens (tertiary/aromatic N) is 1. The van der Waals surface area contributed by atoms with E-state index in [-0.39, 0.29) is 6.10 Å². The number of fused-ring (bicyclic) bond motifs is 5. The molecule has 5 atom stereocenters. The Bertz CT molecular complexity index is 179. The summed E-state index contributed by atoms with van der Waals surface area (Å²) in [5.41, 5.74) is 0. The summed E-state index contributed by atoms with van der Waals surface area (Å²) in [7, 11) is 2.15. The van der Waals surface area contributed by atoms with Gasteiger partial charge in [-0.05, 0) is 19.9 Å². The average Bonchev–Trinajstić information content (AvgIpc) is 2.66. The molecule has 0 amide bonds. The van der Waals surface area contributed by atoms with Gasteiger partial charge < -0.3 is 9.84 Å². The first-order valence-corrected chi connectivity index (χ1v) is 4.33. The Kier molecular flexibility index (Phi) is 1.04. The minimum absolute atomic E-state index is 0.0717. The van der Waals surface area contributed by atoms with Gasteiger partial charge in [0.15, 0.2) is 0 Å². The van der Waals surface area contributed by atoms with Crippen LogP contribution in [0.2, 0.25) is 0 Å². The number of epoxide rings is 1. The van der Waals surface area contributed by atoms with Crippen LogP contribution < -0.4 is 0 Å². The van der Waals surface area contributed by atoms with Crippen molar-refractivity contribution in [2.45, 2.75) is 43.2 Å². The van der Waals surface area contributed by atoms with Crippen molar-refractivity contribution in [1.82, 2.24) is 4.90 Å². The van der Waals surface area contributed by atoms with Crippen LogP contribution in [0.15, 0.2) is 0 Å². The first-order valence-electron chi connectivity index (χ1n) is 4.33. The molecule has 2 bridgehead atoms. The van der Waals surface area contributed by atoms with Gasteiger partial charge in [-0.15, -0.1) is 0 Å². The topological polar surface area (TPSA) is 36.0 Å². The van der Waals surface area contributed by atoms with E-state index in [1.807, 2.05) is 0 Å². The molecule has 2 unspecified atom stereocenters. The minimum atomic E-state index is -0.0717. The van der Waals surface area contributed by atoms with Crippen LogP contribution in [-0.4, -0.2) is 47.4 Å². The predicted octanol–water partition coefficient (Wildman–Crippen LogP) is -0.409. The number of ether oxygens (including phenoxy) is 1. The minimum Gasteiger partial charge on any atom is -0.393 e. The molecule has 0 aliphatic carbocycles. The molecule has 3 fully saturated rings. The first-order chi connectivity index (χ1) is 5.27. The Morgan fingerprint density at radius 1 is 1.27 bits per heavy atom. The highest BCUT2D eigenvalue weighted by Crippen LogP contribution is 2.47. The number of morpholine rings is 1. The fourth-order valence-corrected chi connectivity index (χ4v) is 2.72. The van der Waals surface area contributed by atoms with Crippen molar-refractivity contribution in [3.8, 4) is 0 Å². The Hall–Kier alpha value is -0.120. The highest BCUT2D eigenvalue weighted by molar-refractivity contribution is 5.13. The van der Waals surface area contributed by atoms with Crippen molar-refractivity contribution < 1.29 is 9.84 Å². The number of aliphatic hydroxyl groups is 1. The van der Waals surface area contributed by atoms with E-state index in [2.05, 4.69) is 11.9 Å². The van der Waals surface area contributed by atoms with Crippen molar-refractivity contribution in [1.29, 1.82) is 0 Å². The maximum Gasteiger partial charge on any atom is 0.101 e. The molecule has 3 rings (SSSR count). The zero-order valence-electron chi connectivity index (χ0n) is 6.60. The van der Waals surface area contributed by atoms with Gasteiger partial charge >= 0.3 is 0 Å². The third kappa shape index (κ3) is 0.687. The fraction of sp³-hybridized carbons (Fsp3) is 1.00. The van der Waals surface area contributed by atoms with Gasteiger partial charge in [0, 0.05) is 12.1 Å². The maximum absolute atomic E-state index is 9.46. The lowest BCUT2D eigenvalue weighted by Crippen LogP contribution is -2.46. The standard InChI is InChI=1S/C8H13NO2/c1-9-5-2-4(10)3-6(9)8-7(5)11-8/h4-8,10H,2-3H2,1H3/t4-,5+,6?,7-,8?/m1/s1. The van der Waals surface area contributed by atoms with Gasteiger partial charge in [0.05, 0.1) is 6.10 Å². The molecule has 0 aromatic rings. The van der Waals surface area contributed by atoms with Crippen LogP contribution in [-0.2, 0) is 4.74 Å². The van der Waals surface area contributed by atoms with E-state index >= 15 is 0 Å². The van der Waals surface area contributed by atoms with E-state index in [4.69, 9.17) is 4.74 Å². The van der Waals surface area contributed by atoms with Crippen LogP contribution in [0.25, 0.3) is 0 Å². The van der Waals surface area contributed by atoms with E-state index < -0.39 is 0 Å². The SMILES string of the molecule is CN1C2C[C@H](O)C[C@H]1[C@H]1OC21. The molecule has 3 aliphatic heterocycles. The fourth-order valence-electron chi connectivity index (χ4n) is 2.72. The molecular weight excluding hydrogens is 142 g/mol. The Labute approximate surface area is 65.9 Å². The van der Waals surface area contributed by atoms with Crippen molar-refractivity contribution in [3.05, 3.63) is 0 Å². The maximum atomic E-state index is 9.46. The summed E-state index contributed by atoms with van der Waals surface area (Å²) in [5.74, 6) is 0. The molecule has 0 spiro atoms. The normalized spacial score (nSPS) is 61.1. The van der Waals surface area contributed by atoms with E-state index in [1.54, 1.807) is 0 Å². The Morgan fingerprint density at radius 2 is 1.82 bits per heavy atom. The van der Waals surface area contributed by atoms with Gasteiger partial charge in [0.25, 0.3) is 0 Å². The smallest absolute Gasteiger partial charge is 0.101 e. The molecule has 0 saturated carbocycles. The lowest BCUT2D eigenvalue weighted by atomic mass is 10.00. The number of rotatable bonds is 0. The van der Waals surface area contributed by atoms with Crippen LogP contribution in [0.3, 0.4) is 0 Å². The molecule has 0 aromatic carbocycles. The summed E-state index contributed by atoms with van der Waals surface area (Å²) >= 11 is 0. The summed E-state index contributed by atoms with van der Waals surface area (Å²) in [4.78, 5) is 2.38. The number of aliphatic hydroxyl groups excluding tert-OH is 1. The highest BCUT2D eigenvalue weighted by atomic mass is 16.6. The Morgan fingerprint density at radius 3 is 2.36 bits per heavy atom. The molecule has 0 radical (unpaired) electrons. The second-order valence-electron chi connectivity index (χ2n) is 3.99. The predicted molar refractivity (Wildman–Crippen MR) is 39.2 cm³/mol. The van der Waals surface area contributed by atoms with Gasteiger partial charge in [-0.25, -0.2) is 0 Å². The summed E-state index contributed by atoms with van der Waals surface area (Å²) in [5, 5.41) is 9.46. The number of piperidine rings is 1. The second-order valence-corrected chi connectivity index (χ2v) is 3.99. The van der Waals surface area contributed by atoms with Crippen molar-refractivity contribution in [3.63, 3.8) is 0 Å². The second kappa shape index (κ2) is 1.79. The molecule has 3 heteroatoms. The molecule has 3 aliphatic rings. The molecular formula is C8H13NO2. The number of hydrogen-bond donors (Lipinski definition) is 1. The number of likely N-dealkylation sites (N-methyl/N-ethyl adjacent to an activating group) is 1. The summed E-state index contributed by atoms with van der Waals surface area (Å²) in [6.45, 7) is 0. The quantitative estimate of drug-likeness (QED) is 0.483. The van der Waals surface area contributed by atoms with Gasteiger partial charge in [-0.2, -0.15) is 0 Å². The van der Waals surface area contributed by atoms with Gasteiger partial charge in [0.1, 0.15) is 12.2 Å². The molecule has 3 nitrogen and oxygen atoms in total. The average molecular weight is 155 g/mol. The van der Waals surface area contributed by atoms with Gasteiger partial charge in [0.2, 0.25) is 0 Å². The first kappa shape index (κ1) is 6.40. The van der Waals surface area contributed by atoms with Crippen LogP contribution in [0.1, 0.15) is 12.8 Å². The van der Waals surface area contributed by atoms with Gasteiger partial charge in [-0.3, -0.25) is 4.90 Å². The highest BCUT2D eigenvalue weighted by Gasteiger charge is 2.62. The van der Waals surface area contributed by atoms with Crippen molar-refractivity contribution in [2.75, 3.05) is 7.05 Å². The molecule has 3 heterocycles. The van der Waals surface area contributed by atoms with Crippen LogP contribution in [0, 0.1) is 0 Å². The lowest BCUT2D eigenvalue weighted by Gasteiger charge is -2.36. The number of hydrogen-bond acceptors (Lipinski definition) is 3. The van der Waals surface area contributed by atoms with Crippen molar-refractivity contribution in [2.24, 2.45) is 0 Å². The van der Waals surface area contributed by atoms with Crippen molar-refractivity contribution >= 4 is 0 Å². The van der Waals surface area contributed by atoms with Crippen LogP contribution in [0.4, 0.5) is 0 Å². The van der Waals surface area contributed by atoms with E-state index in [9.17, 15) is 5.11 Å². The third-order valence-corrected chi connectivity index (χ3v) is 3.39. The monoisotopic (exact) mass is 155 g/mol. The molecule has 3 saturated heterocycles. The summed E-state index contributed by atoms with van der Waals surface area (Å²) < 4.78 is 5.49.